The number of pyridine rings is 1. The molecule has 2 aromatic rings. The zero-order valence-electron chi connectivity index (χ0n) is 17.3. The lowest BCUT2D eigenvalue weighted by molar-refractivity contribution is -0.132. The summed E-state index contributed by atoms with van der Waals surface area (Å²) in [5.41, 5.74) is 3.58. The number of morpholine rings is 1. The molecule has 2 aliphatic heterocycles. The standard InChI is InChI=1S/C22H32N4O2/c1-4-20(27)26-10-6-7-17(13-26)21-19(18-8-5-9-23-22(18)24-21)14-25-11-15(2)28-16(3)12-25/h5,8-9,15-17H,4,6-7,10-14H2,1-3H3,(H,23,24)/t15-,16+,17-/m0/s1. The van der Waals surface area contributed by atoms with Crippen LogP contribution in [-0.4, -0.2) is 64.1 Å². The van der Waals surface area contributed by atoms with E-state index in [1.165, 1.54) is 16.6 Å². The lowest BCUT2D eigenvalue weighted by atomic mass is 9.91. The molecule has 2 fully saturated rings. The van der Waals surface area contributed by atoms with Crippen molar-refractivity contribution in [1.82, 2.24) is 19.8 Å². The van der Waals surface area contributed by atoms with Gasteiger partial charge in [0.1, 0.15) is 5.65 Å². The molecule has 0 aromatic carbocycles. The number of hydrogen-bond donors (Lipinski definition) is 1. The average molecular weight is 385 g/mol. The normalized spacial score (nSPS) is 26.7. The van der Waals surface area contributed by atoms with Crippen molar-refractivity contribution < 1.29 is 9.53 Å². The third kappa shape index (κ3) is 3.94. The molecule has 0 unspecified atom stereocenters. The van der Waals surface area contributed by atoms with E-state index in [0.29, 0.717) is 12.3 Å². The summed E-state index contributed by atoms with van der Waals surface area (Å²) in [6.45, 7) is 10.7. The fourth-order valence-electron chi connectivity index (χ4n) is 4.92. The fraction of sp³-hybridized carbons (Fsp3) is 0.636. The van der Waals surface area contributed by atoms with Crippen LogP contribution in [0.15, 0.2) is 18.3 Å². The minimum Gasteiger partial charge on any atom is -0.373 e. The van der Waals surface area contributed by atoms with Gasteiger partial charge in [-0.05, 0) is 44.4 Å². The molecule has 2 aromatic heterocycles. The minimum atomic E-state index is 0.253. The first-order valence-electron chi connectivity index (χ1n) is 10.7. The molecule has 6 heteroatoms. The number of nitrogens with one attached hydrogen (secondary N) is 1. The van der Waals surface area contributed by atoms with Gasteiger partial charge in [0.05, 0.1) is 12.2 Å². The van der Waals surface area contributed by atoms with Crippen LogP contribution in [0.2, 0.25) is 0 Å². The maximum atomic E-state index is 12.3. The predicted octanol–water partition coefficient (Wildman–Crippen LogP) is 3.29. The average Bonchev–Trinajstić information content (AvgIpc) is 3.05. The van der Waals surface area contributed by atoms with Crippen molar-refractivity contribution in [2.45, 2.75) is 64.7 Å². The van der Waals surface area contributed by atoms with Gasteiger partial charge in [-0.15, -0.1) is 0 Å². The van der Waals surface area contributed by atoms with Crippen LogP contribution < -0.4 is 0 Å². The molecule has 1 amide bonds. The van der Waals surface area contributed by atoms with Crippen molar-refractivity contribution >= 4 is 16.9 Å². The highest BCUT2D eigenvalue weighted by molar-refractivity contribution is 5.81. The van der Waals surface area contributed by atoms with Gasteiger partial charge in [0.25, 0.3) is 0 Å². The molecule has 0 saturated carbocycles. The Morgan fingerprint density at radius 3 is 2.82 bits per heavy atom. The van der Waals surface area contributed by atoms with E-state index >= 15 is 0 Å². The molecular formula is C22H32N4O2. The fourth-order valence-corrected chi connectivity index (χ4v) is 4.92. The number of fused-ring (bicyclic) bond motifs is 1. The number of aromatic nitrogens is 2. The molecule has 3 atom stereocenters. The Labute approximate surface area is 167 Å². The molecule has 4 rings (SSSR count). The van der Waals surface area contributed by atoms with Crippen LogP contribution in [0.5, 0.6) is 0 Å². The van der Waals surface area contributed by atoms with E-state index in [9.17, 15) is 4.79 Å². The summed E-state index contributed by atoms with van der Waals surface area (Å²) in [6.07, 6.45) is 5.11. The van der Waals surface area contributed by atoms with Crippen LogP contribution in [0, 0.1) is 0 Å². The number of carbonyl (C=O) groups excluding carboxylic acids is 1. The lowest BCUT2D eigenvalue weighted by Gasteiger charge is -2.36. The first-order chi connectivity index (χ1) is 13.5. The molecule has 28 heavy (non-hydrogen) atoms. The summed E-state index contributed by atoms with van der Waals surface area (Å²) in [6, 6.07) is 4.19. The zero-order chi connectivity index (χ0) is 19.7. The van der Waals surface area contributed by atoms with Crippen LogP contribution in [0.4, 0.5) is 0 Å². The van der Waals surface area contributed by atoms with Gasteiger partial charge < -0.3 is 14.6 Å². The molecule has 2 saturated heterocycles. The summed E-state index contributed by atoms with van der Waals surface area (Å²) in [4.78, 5) is 25.0. The molecule has 0 aliphatic carbocycles. The van der Waals surface area contributed by atoms with E-state index in [1.807, 2.05) is 24.1 Å². The number of rotatable bonds is 4. The lowest BCUT2D eigenvalue weighted by Crippen LogP contribution is -2.45. The third-order valence-corrected chi connectivity index (χ3v) is 6.07. The number of H-pyrrole nitrogens is 1. The summed E-state index contributed by atoms with van der Waals surface area (Å²) in [5.74, 6) is 0.612. The maximum Gasteiger partial charge on any atom is 0.222 e. The highest BCUT2D eigenvalue weighted by atomic mass is 16.5. The Bertz CT molecular complexity index is 823. The zero-order valence-corrected chi connectivity index (χ0v) is 17.3. The maximum absolute atomic E-state index is 12.3. The van der Waals surface area contributed by atoms with Crippen LogP contribution in [0.25, 0.3) is 11.0 Å². The monoisotopic (exact) mass is 384 g/mol. The molecule has 0 radical (unpaired) electrons. The number of likely N-dealkylation sites (tertiary alicyclic amines) is 1. The Kier molecular flexibility index (Phi) is 5.69. The molecule has 0 spiro atoms. The second kappa shape index (κ2) is 8.21. The number of carbonyl (C=O) groups is 1. The van der Waals surface area contributed by atoms with Crippen molar-refractivity contribution in [3.63, 3.8) is 0 Å². The Balaban J connectivity index is 1.64. The van der Waals surface area contributed by atoms with Gasteiger partial charge in [0, 0.05) is 62.3 Å². The van der Waals surface area contributed by atoms with Crippen molar-refractivity contribution in [1.29, 1.82) is 0 Å². The van der Waals surface area contributed by atoms with Gasteiger partial charge in [-0.1, -0.05) is 6.92 Å². The van der Waals surface area contributed by atoms with E-state index in [1.54, 1.807) is 0 Å². The van der Waals surface area contributed by atoms with Crippen molar-refractivity contribution in [2.24, 2.45) is 0 Å². The Hall–Kier alpha value is -1.92. The van der Waals surface area contributed by atoms with Crippen LogP contribution in [0.1, 0.15) is 57.2 Å². The van der Waals surface area contributed by atoms with Gasteiger partial charge in [0.15, 0.2) is 0 Å². The highest BCUT2D eigenvalue weighted by Crippen LogP contribution is 2.34. The van der Waals surface area contributed by atoms with Crippen molar-refractivity contribution in [2.75, 3.05) is 26.2 Å². The summed E-state index contributed by atoms with van der Waals surface area (Å²) >= 11 is 0. The highest BCUT2D eigenvalue weighted by Gasteiger charge is 2.30. The molecular weight excluding hydrogens is 352 g/mol. The van der Waals surface area contributed by atoms with E-state index in [0.717, 1.165) is 51.2 Å². The van der Waals surface area contributed by atoms with E-state index in [-0.39, 0.29) is 18.1 Å². The predicted molar refractivity (Wildman–Crippen MR) is 110 cm³/mol. The summed E-state index contributed by atoms with van der Waals surface area (Å²) < 4.78 is 5.92. The van der Waals surface area contributed by atoms with E-state index < -0.39 is 0 Å². The number of piperidine rings is 1. The second-order valence-electron chi connectivity index (χ2n) is 8.40. The number of aromatic amines is 1. The summed E-state index contributed by atoms with van der Waals surface area (Å²) in [5, 5.41) is 1.21. The Morgan fingerprint density at radius 1 is 1.29 bits per heavy atom. The van der Waals surface area contributed by atoms with Crippen LogP contribution in [0.3, 0.4) is 0 Å². The molecule has 1 N–H and O–H groups in total. The second-order valence-corrected chi connectivity index (χ2v) is 8.40. The number of ether oxygens (including phenoxy) is 1. The number of amides is 1. The van der Waals surface area contributed by atoms with E-state index in [4.69, 9.17) is 4.74 Å². The smallest absolute Gasteiger partial charge is 0.222 e. The quantitative estimate of drug-likeness (QED) is 0.879. The molecule has 4 heterocycles. The topological polar surface area (TPSA) is 61.5 Å². The van der Waals surface area contributed by atoms with E-state index in [2.05, 4.69) is 34.8 Å². The molecule has 0 bridgehead atoms. The molecule has 152 valence electrons. The van der Waals surface area contributed by atoms with Gasteiger partial charge >= 0.3 is 0 Å². The van der Waals surface area contributed by atoms with Gasteiger partial charge in [-0.25, -0.2) is 4.98 Å². The SMILES string of the molecule is CCC(=O)N1CCC[C@H](c2[nH]c3ncccc3c2CN2C[C@@H](C)O[C@@H](C)C2)C1. The van der Waals surface area contributed by atoms with Gasteiger partial charge in [-0.2, -0.15) is 0 Å². The molecule has 6 nitrogen and oxygen atoms in total. The minimum absolute atomic E-state index is 0.253. The number of nitrogens with zero attached hydrogens (tertiary/aromatic N) is 3. The summed E-state index contributed by atoms with van der Waals surface area (Å²) in [7, 11) is 0. The first-order valence-corrected chi connectivity index (χ1v) is 10.7. The van der Waals surface area contributed by atoms with Gasteiger partial charge in [-0.3, -0.25) is 9.69 Å². The first kappa shape index (κ1) is 19.4. The number of hydrogen-bond acceptors (Lipinski definition) is 4. The Morgan fingerprint density at radius 2 is 2.07 bits per heavy atom. The van der Waals surface area contributed by atoms with Gasteiger partial charge in [0.2, 0.25) is 5.91 Å². The molecule has 2 aliphatic rings. The van der Waals surface area contributed by atoms with Crippen molar-refractivity contribution in [3.05, 3.63) is 29.6 Å². The van der Waals surface area contributed by atoms with Crippen molar-refractivity contribution in [3.8, 4) is 0 Å². The van der Waals surface area contributed by atoms with Crippen LogP contribution >= 0.6 is 0 Å². The largest absolute Gasteiger partial charge is 0.373 e. The third-order valence-electron chi connectivity index (χ3n) is 6.07. The van der Waals surface area contributed by atoms with Crippen LogP contribution in [-0.2, 0) is 16.1 Å².